The summed E-state index contributed by atoms with van der Waals surface area (Å²) in [6.45, 7) is 6.82. The summed E-state index contributed by atoms with van der Waals surface area (Å²) in [7, 11) is 3.52. The molecule has 0 fully saturated rings. The number of pyridine rings is 1. The molecule has 0 saturated heterocycles. The van der Waals surface area contributed by atoms with Gasteiger partial charge in [-0.05, 0) is 121 Å². The molecule has 0 N–H and O–H groups in total. The van der Waals surface area contributed by atoms with Crippen molar-refractivity contribution in [2.24, 2.45) is 18.9 Å². The van der Waals surface area contributed by atoms with Crippen molar-refractivity contribution in [3.63, 3.8) is 0 Å². The summed E-state index contributed by atoms with van der Waals surface area (Å²) >= 11 is 3.29. The summed E-state index contributed by atoms with van der Waals surface area (Å²) in [6.07, 6.45) is 22.1. The molecule has 0 aliphatic heterocycles. The Kier molecular flexibility index (Phi) is 9.57. The molecule has 214 valence electrons. The van der Waals surface area contributed by atoms with Crippen molar-refractivity contribution in [2.75, 3.05) is 7.11 Å². The van der Waals surface area contributed by atoms with Crippen molar-refractivity contribution in [1.82, 2.24) is 0 Å². The first-order chi connectivity index (χ1) is 19.9. The third-order valence-electron chi connectivity index (χ3n) is 8.69. The maximum atomic E-state index is 12.4. The minimum atomic E-state index is -0.269. The zero-order valence-corrected chi connectivity index (χ0v) is 26.7. The van der Waals surface area contributed by atoms with Gasteiger partial charge in [-0.15, -0.1) is 22.7 Å². The van der Waals surface area contributed by atoms with Crippen LogP contribution in [0.3, 0.4) is 0 Å². The summed E-state index contributed by atoms with van der Waals surface area (Å²) in [5.41, 5.74) is 10.4. The lowest BCUT2D eigenvalue weighted by Gasteiger charge is -2.24. The van der Waals surface area contributed by atoms with Gasteiger partial charge in [0.1, 0.15) is 11.9 Å². The van der Waals surface area contributed by atoms with Gasteiger partial charge in [0.25, 0.3) is 0 Å². The van der Waals surface area contributed by atoms with Gasteiger partial charge in [-0.1, -0.05) is 31.2 Å². The Morgan fingerprint density at radius 2 is 1.85 bits per heavy atom. The minimum absolute atomic E-state index is 0.269. The van der Waals surface area contributed by atoms with E-state index in [1.54, 1.807) is 0 Å². The smallest absolute Gasteiger partial charge is 0.348 e. The Balaban J connectivity index is 1.39. The molecule has 0 aromatic carbocycles. The summed E-state index contributed by atoms with van der Waals surface area (Å²) in [4.78, 5) is 14.5. The number of rotatable bonds is 8. The summed E-state index contributed by atoms with van der Waals surface area (Å²) in [5, 5.41) is 4.21. The van der Waals surface area contributed by atoms with Gasteiger partial charge < -0.3 is 4.74 Å². The number of carbonyl (C=O) groups is 1. The zero-order chi connectivity index (χ0) is 28.9. The van der Waals surface area contributed by atoms with Gasteiger partial charge in [-0.25, -0.2) is 9.36 Å². The van der Waals surface area contributed by atoms with E-state index < -0.39 is 0 Å². The molecule has 3 heterocycles. The van der Waals surface area contributed by atoms with Gasteiger partial charge in [-0.2, -0.15) is 0 Å². The molecular formula is C36H42NO2S2+. The fourth-order valence-corrected chi connectivity index (χ4v) is 7.78. The second kappa shape index (κ2) is 13.3. The topological polar surface area (TPSA) is 30.2 Å². The van der Waals surface area contributed by atoms with Gasteiger partial charge in [0.05, 0.1) is 7.11 Å². The van der Waals surface area contributed by atoms with Crippen LogP contribution in [0.5, 0.6) is 0 Å². The molecule has 3 aromatic rings. The number of hydrogen-bond donors (Lipinski definition) is 0. The van der Waals surface area contributed by atoms with E-state index in [1.807, 2.05) is 22.8 Å². The van der Waals surface area contributed by atoms with E-state index in [0.29, 0.717) is 10.8 Å². The van der Waals surface area contributed by atoms with Crippen molar-refractivity contribution < 1.29 is 14.1 Å². The van der Waals surface area contributed by atoms with Crippen LogP contribution in [0.15, 0.2) is 76.8 Å². The molecule has 2 unspecified atom stereocenters. The molecule has 41 heavy (non-hydrogen) atoms. The van der Waals surface area contributed by atoms with E-state index in [9.17, 15) is 4.79 Å². The minimum Gasteiger partial charge on any atom is -0.465 e. The van der Waals surface area contributed by atoms with E-state index in [4.69, 9.17) is 4.74 Å². The highest BCUT2D eigenvalue weighted by atomic mass is 32.1. The molecule has 5 heteroatoms. The van der Waals surface area contributed by atoms with E-state index in [1.165, 1.54) is 76.0 Å². The molecule has 0 saturated carbocycles. The first kappa shape index (κ1) is 29.5. The SMILES string of the molecule is CC=C(C1=CCC(C)CC1)C(=CCC1CC=C(c2c[n+](C)ccc2-c2ccsc2C(=O)OC)CC1)c1ccsc1C. The fourth-order valence-electron chi connectivity index (χ4n) is 6.25. The summed E-state index contributed by atoms with van der Waals surface area (Å²) < 4.78 is 7.17. The summed E-state index contributed by atoms with van der Waals surface area (Å²) in [6, 6.07) is 6.49. The fraction of sp³-hybridized carbons (Fsp3) is 0.389. The Bertz CT molecular complexity index is 1530. The van der Waals surface area contributed by atoms with Gasteiger partial charge in [0.15, 0.2) is 12.4 Å². The number of thiophene rings is 2. The van der Waals surface area contributed by atoms with Crippen LogP contribution in [0.2, 0.25) is 0 Å². The highest BCUT2D eigenvalue weighted by Gasteiger charge is 2.24. The number of allylic oxidation sites excluding steroid dienone is 8. The standard InChI is InChI=1S/C36H42NO2S2/c1-6-29(27-12-7-24(2)8-13-27)31(30-18-21-40-25(30)3)16-11-26-9-14-28(15-10-26)34-23-37(4)20-17-32(34)33-19-22-41-35(33)36(38)39-5/h6,12,14,16-24,26H,7-11,13,15H2,1-5H3/q+1. The van der Waals surface area contributed by atoms with Crippen LogP contribution >= 0.6 is 22.7 Å². The maximum Gasteiger partial charge on any atom is 0.348 e. The number of hydrogen-bond acceptors (Lipinski definition) is 4. The van der Waals surface area contributed by atoms with Crippen LogP contribution in [-0.2, 0) is 11.8 Å². The van der Waals surface area contributed by atoms with Crippen LogP contribution in [0.1, 0.15) is 84.5 Å². The number of esters is 1. The molecule has 0 spiro atoms. The van der Waals surface area contributed by atoms with Crippen molar-refractivity contribution in [1.29, 1.82) is 0 Å². The molecule has 2 atom stereocenters. The van der Waals surface area contributed by atoms with E-state index >= 15 is 0 Å². The zero-order valence-electron chi connectivity index (χ0n) is 25.0. The van der Waals surface area contributed by atoms with Crippen LogP contribution < -0.4 is 4.57 Å². The first-order valence-corrected chi connectivity index (χ1v) is 16.6. The Morgan fingerprint density at radius 3 is 2.51 bits per heavy atom. The van der Waals surface area contributed by atoms with Crippen LogP contribution in [0.4, 0.5) is 0 Å². The van der Waals surface area contributed by atoms with Gasteiger partial charge >= 0.3 is 5.97 Å². The number of methoxy groups -OCH3 is 1. The molecule has 0 amide bonds. The molecule has 5 rings (SSSR count). The Hall–Kier alpha value is -3.02. The number of aryl methyl sites for hydroxylation is 2. The van der Waals surface area contributed by atoms with Crippen molar-refractivity contribution in [2.45, 2.75) is 65.7 Å². The average molecular weight is 585 g/mol. The monoisotopic (exact) mass is 584 g/mol. The van der Waals surface area contributed by atoms with E-state index in [0.717, 1.165) is 42.7 Å². The Morgan fingerprint density at radius 1 is 1.02 bits per heavy atom. The van der Waals surface area contributed by atoms with E-state index in [2.05, 4.69) is 86.6 Å². The molecule has 2 aliphatic rings. The quantitative estimate of drug-likeness (QED) is 0.150. The van der Waals surface area contributed by atoms with Crippen molar-refractivity contribution >= 4 is 39.8 Å². The molecule has 0 bridgehead atoms. The molecule has 0 radical (unpaired) electrons. The molecule has 3 aromatic heterocycles. The third kappa shape index (κ3) is 6.57. The van der Waals surface area contributed by atoms with Crippen LogP contribution in [-0.4, -0.2) is 13.1 Å². The lowest BCUT2D eigenvalue weighted by molar-refractivity contribution is -0.671. The highest BCUT2D eigenvalue weighted by molar-refractivity contribution is 7.12. The van der Waals surface area contributed by atoms with Gasteiger partial charge in [-0.3, -0.25) is 0 Å². The first-order valence-electron chi connectivity index (χ1n) is 14.8. The lowest BCUT2D eigenvalue weighted by atomic mass is 9.80. The van der Waals surface area contributed by atoms with Crippen molar-refractivity contribution in [3.8, 4) is 11.1 Å². The highest BCUT2D eigenvalue weighted by Crippen LogP contribution is 2.41. The number of aromatic nitrogens is 1. The number of nitrogens with zero attached hydrogens (tertiary/aromatic N) is 1. The third-order valence-corrected chi connectivity index (χ3v) is 10.4. The number of ether oxygens (including phenoxy) is 1. The van der Waals surface area contributed by atoms with Crippen LogP contribution in [0, 0.1) is 18.8 Å². The average Bonchev–Trinajstić information content (AvgIpc) is 3.65. The van der Waals surface area contributed by atoms with Gasteiger partial charge in [0.2, 0.25) is 0 Å². The normalized spacial score (nSPS) is 20.0. The molecule has 2 aliphatic carbocycles. The molecular weight excluding hydrogens is 543 g/mol. The second-order valence-corrected chi connectivity index (χ2v) is 13.6. The van der Waals surface area contributed by atoms with E-state index in [-0.39, 0.29) is 5.97 Å². The lowest BCUT2D eigenvalue weighted by Crippen LogP contribution is -2.27. The molecule has 3 nitrogen and oxygen atoms in total. The number of carbonyl (C=O) groups excluding carboxylic acids is 1. The predicted molar refractivity (Wildman–Crippen MR) is 174 cm³/mol. The predicted octanol–water partition coefficient (Wildman–Crippen LogP) is 9.75. The van der Waals surface area contributed by atoms with Crippen molar-refractivity contribution in [3.05, 3.63) is 97.7 Å². The maximum absolute atomic E-state index is 12.4. The largest absolute Gasteiger partial charge is 0.465 e. The van der Waals surface area contributed by atoms with Gasteiger partial charge in [0, 0.05) is 27.6 Å². The second-order valence-electron chi connectivity index (χ2n) is 11.5. The van der Waals surface area contributed by atoms with Crippen LogP contribution in [0.25, 0.3) is 22.3 Å². The Labute approximate surface area is 253 Å². The summed E-state index contributed by atoms with van der Waals surface area (Å²) in [5.74, 6) is 1.14.